The maximum Gasteiger partial charge on any atom is 0.426 e. The van der Waals surface area contributed by atoms with Crippen LogP contribution in [-0.2, 0) is 26.8 Å². The number of sulfone groups is 1. The van der Waals surface area contributed by atoms with Crippen molar-refractivity contribution in [3.8, 4) is 5.75 Å². The Labute approximate surface area is 153 Å². The van der Waals surface area contributed by atoms with Crippen molar-refractivity contribution in [3.05, 3.63) is 59.7 Å². The van der Waals surface area contributed by atoms with Crippen LogP contribution in [0.1, 0.15) is 11.1 Å². The standard InChI is InChI=1S/C18H15F3O5S/c19-18(20,21)16-14(17(22)23)9-12-8-13(6-7-15(12)26-16)27(24,25)10-11-4-2-1-3-5-11/h1-8,14,16H,9-10H2,(H,22,23). The van der Waals surface area contributed by atoms with E-state index in [9.17, 15) is 26.4 Å². The van der Waals surface area contributed by atoms with E-state index in [0.717, 1.165) is 6.07 Å². The van der Waals surface area contributed by atoms with Crippen molar-refractivity contribution in [2.45, 2.75) is 29.3 Å². The van der Waals surface area contributed by atoms with Crippen LogP contribution in [0.5, 0.6) is 5.75 Å². The first-order valence-corrected chi connectivity index (χ1v) is 9.59. The van der Waals surface area contributed by atoms with Crippen LogP contribution in [0.2, 0.25) is 0 Å². The molecule has 0 amide bonds. The number of ether oxygens (including phenoxy) is 1. The number of benzene rings is 2. The van der Waals surface area contributed by atoms with Gasteiger partial charge in [-0.3, -0.25) is 4.79 Å². The van der Waals surface area contributed by atoms with Gasteiger partial charge in [0, 0.05) is 0 Å². The van der Waals surface area contributed by atoms with E-state index in [1.165, 1.54) is 12.1 Å². The van der Waals surface area contributed by atoms with Crippen LogP contribution in [0.15, 0.2) is 53.4 Å². The summed E-state index contributed by atoms with van der Waals surface area (Å²) < 4.78 is 69.3. The molecule has 9 heteroatoms. The Morgan fingerprint density at radius 3 is 2.41 bits per heavy atom. The highest BCUT2D eigenvalue weighted by molar-refractivity contribution is 7.90. The molecule has 0 saturated carbocycles. The number of hydrogen-bond donors (Lipinski definition) is 1. The van der Waals surface area contributed by atoms with E-state index in [1.807, 2.05) is 0 Å². The number of aliphatic carboxylic acids is 1. The predicted octanol–water partition coefficient (Wildman–Crippen LogP) is 3.23. The van der Waals surface area contributed by atoms with E-state index >= 15 is 0 Å². The molecular formula is C18H15F3O5S. The molecule has 144 valence electrons. The first-order valence-electron chi connectivity index (χ1n) is 7.94. The topological polar surface area (TPSA) is 80.7 Å². The summed E-state index contributed by atoms with van der Waals surface area (Å²) in [4.78, 5) is 11.2. The molecule has 5 nitrogen and oxygen atoms in total. The Hall–Kier alpha value is -2.55. The molecule has 0 saturated heterocycles. The van der Waals surface area contributed by atoms with Crippen LogP contribution < -0.4 is 4.74 Å². The first-order chi connectivity index (χ1) is 12.6. The lowest BCUT2D eigenvalue weighted by Gasteiger charge is -2.32. The number of carboxylic acid groups (broad SMARTS) is 1. The van der Waals surface area contributed by atoms with E-state index < -0.39 is 40.4 Å². The van der Waals surface area contributed by atoms with E-state index in [4.69, 9.17) is 9.84 Å². The number of fused-ring (bicyclic) bond motifs is 1. The molecule has 2 aromatic rings. The molecule has 1 heterocycles. The molecule has 27 heavy (non-hydrogen) atoms. The van der Waals surface area contributed by atoms with Gasteiger partial charge in [0.25, 0.3) is 0 Å². The van der Waals surface area contributed by atoms with Gasteiger partial charge in [0.1, 0.15) is 11.7 Å². The lowest BCUT2D eigenvalue weighted by Crippen LogP contribution is -2.47. The van der Waals surface area contributed by atoms with Gasteiger partial charge in [-0.05, 0) is 35.7 Å². The molecule has 0 bridgehead atoms. The van der Waals surface area contributed by atoms with Crippen LogP contribution >= 0.6 is 0 Å². The second-order valence-corrected chi connectivity index (χ2v) is 8.23. The zero-order valence-electron chi connectivity index (χ0n) is 13.8. The average molecular weight is 400 g/mol. The molecule has 1 aliphatic heterocycles. The fourth-order valence-electron chi connectivity index (χ4n) is 2.98. The Balaban J connectivity index is 1.93. The molecule has 1 N–H and O–H groups in total. The van der Waals surface area contributed by atoms with Crippen molar-refractivity contribution in [1.82, 2.24) is 0 Å². The summed E-state index contributed by atoms with van der Waals surface area (Å²) in [5, 5.41) is 9.12. The smallest absolute Gasteiger partial charge is 0.426 e. The Morgan fingerprint density at radius 1 is 1.15 bits per heavy atom. The lowest BCUT2D eigenvalue weighted by atomic mass is 9.90. The fourth-order valence-corrected chi connectivity index (χ4v) is 4.37. The zero-order valence-corrected chi connectivity index (χ0v) is 14.6. The molecule has 2 unspecified atom stereocenters. The number of hydrogen-bond acceptors (Lipinski definition) is 4. The van der Waals surface area contributed by atoms with E-state index in [1.54, 1.807) is 30.3 Å². The van der Waals surface area contributed by atoms with Gasteiger partial charge < -0.3 is 9.84 Å². The van der Waals surface area contributed by atoms with Crippen molar-refractivity contribution >= 4 is 15.8 Å². The molecule has 1 aliphatic rings. The fraction of sp³-hybridized carbons (Fsp3) is 0.278. The van der Waals surface area contributed by atoms with Gasteiger partial charge in [-0.25, -0.2) is 8.42 Å². The summed E-state index contributed by atoms with van der Waals surface area (Å²) in [6.45, 7) is 0. The Morgan fingerprint density at radius 2 is 1.81 bits per heavy atom. The van der Waals surface area contributed by atoms with Crippen molar-refractivity contribution in [2.75, 3.05) is 0 Å². The SMILES string of the molecule is O=C(O)C1Cc2cc(S(=O)(=O)Cc3ccccc3)ccc2OC1C(F)(F)F. The summed E-state index contributed by atoms with van der Waals surface area (Å²) in [7, 11) is -3.75. The lowest BCUT2D eigenvalue weighted by molar-refractivity contribution is -0.217. The van der Waals surface area contributed by atoms with Gasteiger partial charge in [-0.1, -0.05) is 30.3 Å². The van der Waals surface area contributed by atoms with Crippen LogP contribution in [0.3, 0.4) is 0 Å². The van der Waals surface area contributed by atoms with E-state index in [2.05, 4.69) is 0 Å². The maximum absolute atomic E-state index is 13.1. The van der Waals surface area contributed by atoms with Gasteiger partial charge in [0.2, 0.25) is 6.10 Å². The van der Waals surface area contributed by atoms with Gasteiger partial charge >= 0.3 is 12.1 Å². The highest BCUT2D eigenvalue weighted by atomic mass is 32.2. The summed E-state index contributed by atoms with van der Waals surface area (Å²) in [5.74, 6) is -3.93. The molecule has 2 aromatic carbocycles. The third-order valence-corrected chi connectivity index (χ3v) is 5.98. The third-order valence-electron chi connectivity index (χ3n) is 4.29. The molecule has 0 radical (unpaired) electrons. The largest absolute Gasteiger partial charge is 0.481 e. The highest BCUT2D eigenvalue weighted by Gasteiger charge is 2.52. The van der Waals surface area contributed by atoms with E-state index in [0.29, 0.717) is 5.56 Å². The summed E-state index contributed by atoms with van der Waals surface area (Å²) in [6, 6.07) is 11.9. The minimum absolute atomic E-state index is 0.0942. The first kappa shape index (κ1) is 19.2. The molecule has 0 aliphatic carbocycles. The summed E-state index contributed by atoms with van der Waals surface area (Å²) in [6.07, 6.45) is -7.79. The maximum atomic E-state index is 13.1. The molecule has 0 fully saturated rings. The average Bonchev–Trinajstić information content (AvgIpc) is 2.59. The Kier molecular flexibility index (Phi) is 4.90. The summed E-state index contributed by atoms with van der Waals surface area (Å²) in [5.41, 5.74) is 0.684. The van der Waals surface area contributed by atoms with Crippen molar-refractivity contribution < 1.29 is 36.2 Å². The number of alkyl halides is 3. The number of carboxylic acids is 1. The third kappa shape index (κ3) is 4.08. The Bertz CT molecular complexity index is 955. The normalized spacial score (nSPS) is 19.8. The van der Waals surface area contributed by atoms with Gasteiger partial charge in [0.15, 0.2) is 9.84 Å². The van der Waals surface area contributed by atoms with Crippen LogP contribution in [0.4, 0.5) is 13.2 Å². The number of rotatable bonds is 4. The number of halogens is 3. The molecular weight excluding hydrogens is 385 g/mol. The minimum Gasteiger partial charge on any atom is -0.481 e. The second kappa shape index (κ2) is 6.88. The van der Waals surface area contributed by atoms with E-state index in [-0.39, 0.29) is 22.0 Å². The molecule has 0 aromatic heterocycles. The van der Waals surface area contributed by atoms with Gasteiger partial charge in [-0.2, -0.15) is 13.2 Å². The highest BCUT2D eigenvalue weighted by Crippen LogP contribution is 2.39. The summed E-state index contributed by atoms with van der Waals surface area (Å²) >= 11 is 0. The minimum atomic E-state index is -4.85. The zero-order chi connectivity index (χ0) is 19.8. The monoisotopic (exact) mass is 400 g/mol. The van der Waals surface area contributed by atoms with Crippen molar-refractivity contribution in [2.24, 2.45) is 5.92 Å². The second-order valence-electron chi connectivity index (χ2n) is 6.24. The molecule has 3 rings (SSSR count). The van der Waals surface area contributed by atoms with Crippen molar-refractivity contribution in [1.29, 1.82) is 0 Å². The van der Waals surface area contributed by atoms with Crippen LogP contribution in [0.25, 0.3) is 0 Å². The van der Waals surface area contributed by atoms with Gasteiger partial charge in [-0.15, -0.1) is 0 Å². The number of carbonyl (C=O) groups is 1. The molecule has 2 atom stereocenters. The quantitative estimate of drug-likeness (QED) is 0.852. The predicted molar refractivity (Wildman–Crippen MR) is 89.1 cm³/mol. The van der Waals surface area contributed by atoms with Crippen LogP contribution in [0, 0.1) is 5.92 Å². The van der Waals surface area contributed by atoms with Gasteiger partial charge in [0.05, 0.1) is 10.6 Å². The van der Waals surface area contributed by atoms with Crippen molar-refractivity contribution in [3.63, 3.8) is 0 Å². The van der Waals surface area contributed by atoms with Crippen LogP contribution in [-0.4, -0.2) is 31.8 Å². The molecule has 0 spiro atoms.